The van der Waals surface area contributed by atoms with Crippen LogP contribution in [0.15, 0.2) is 46.5 Å². The number of allylic oxidation sites excluding steroid dienone is 2. The second-order valence-corrected chi connectivity index (χ2v) is 10.3. The summed E-state index contributed by atoms with van der Waals surface area (Å²) in [5, 5.41) is 12.3. The predicted octanol–water partition coefficient (Wildman–Crippen LogP) is 4.38. The minimum absolute atomic E-state index is 0.0941. The van der Waals surface area contributed by atoms with Gasteiger partial charge in [0.2, 0.25) is 5.91 Å². The summed E-state index contributed by atoms with van der Waals surface area (Å²) in [6.07, 6.45) is 6.87. The van der Waals surface area contributed by atoms with Crippen LogP contribution in [0.2, 0.25) is 10.0 Å². The maximum absolute atomic E-state index is 13.7. The molecule has 2 amide bonds. The van der Waals surface area contributed by atoms with Gasteiger partial charge in [-0.15, -0.1) is 0 Å². The lowest BCUT2D eigenvalue weighted by molar-refractivity contribution is -0.137. The fraction of sp³-hybridized carbons (Fsp3) is 0.440. The van der Waals surface area contributed by atoms with E-state index >= 15 is 0 Å². The Labute approximate surface area is 208 Å². The molecule has 3 aliphatic rings. The van der Waals surface area contributed by atoms with Gasteiger partial charge < -0.3 is 15.3 Å². The van der Waals surface area contributed by atoms with Crippen molar-refractivity contribution in [3.63, 3.8) is 0 Å². The van der Waals surface area contributed by atoms with Crippen LogP contribution in [0.3, 0.4) is 0 Å². The number of nitrogens with zero attached hydrogens (tertiary/aromatic N) is 2. The maximum Gasteiger partial charge on any atom is 0.305 e. The smallest absolute Gasteiger partial charge is 0.305 e. The van der Waals surface area contributed by atoms with Crippen LogP contribution in [-0.2, 0) is 14.4 Å². The molecule has 7 nitrogen and oxygen atoms in total. The third kappa shape index (κ3) is 5.20. The fourth-order valence-corrected chi connectivity index (χ4v) is 5.19. The molecule has 0 aromatic heterocycles. The van der Waals surface area contributed by atoms with E-state index in [1.807, 2.05) is 24.8 Å². The minimum atomic E-state index is -0.952. The molecule has 1 atom stereocenters. The number of carboxylic acid groups (broad SMARTS) is 1. The summed E-state index contributed by atoms with van der Waals surface area (Å²) in [5.41, 5.74) is 1.93. The topological polar surface area (TPSA) is 99.1 Å². The van der Waals surface area contributed by atoms with E-state index in [2.05, 4.69) is 5.32 Å². The van der Waals surface area contributed by atoms with Gasteiger partial charge in [0, 0.05) is 27.7 Å². The molecule has 34 heavy (non-hydrogen) atoms. The van der Waals surface area contributed by atoms with Crippen molar-refractivity contribution >= 4 is 46.7 Å². The Balaban J connectivity index is 1.57. The molecule has 1 unspecified atom stereocenters. The van der Waals surface area contributed by atoms with E-state index in [1.54, 1.807) is 24.3 Å². The summed E-state index contributed by atoms with van der Waals surface area (Å²) in [7, 11) is 0. The van der Waals surface area contributed by atoms with Gasteiger partial charge in [-0.25, -0.2) is 0 Å². The first-order chi connectivity index (χ1) is 16.1. The zero-order chi connectivity index (χ0) is 24.6. The fourth-order valence-electron chi connectivity index (χ4n) is 4.66. The molecule has 1 fully saturated rings. The number of aliphatic carboxylic acids is 1. The highest BCUT2D eigenvalue weighted by atomic mass is 35.5. The van der Waals surface area contributed by atoms with Gasteiger partial charge in [-0.3, -0.25) is 19.4 Å². The summed E-state index contributed by atoms with van der Waals surface area (Å²) < 4.78 is 0. The molecular weight excluding hydrogens is 477 g/mol. The zero-order valence-corrected chi connectivity index (χ0v) is 20.6. The summed E-state index contributed by atoms with van der Waals surface area (Å²) >= 11 is 12.3. The lowest BCUT2D eigenvalue weighted by atomic mass is 9.88. The van der Waals surface area contributed by atoms with Crippen molar-refractivity contribution in [3.05, 3.63) is 57.1 Å². The van der Waals surface area contributed by atoms with Crippen molar-refractivity contribution in [1.82, 2.24) is 10.2 Å². The first-order valence-corrected chi connectivity index (χ1v) is 12.1. The Hall–Kier alpha value is -2.64. The third-order valence-corrected chi connectivity index (χ3v) is 6.79. The van der Waals surface area contributed by atoms with Crippen molar-refractivity contribution in [3.8, 4) is 0 Å². The Morgan fingerprint density at radius 1 is 1.18 bits per heavy atom. The van der Waals surface area contributed by atoms with Gasteiger partial charge >= 0.3 is 5.97 Å². The standard InChI is InChI=1S/C25H27Cl2N3O4/c1-25(2)29-21(17-11-18(26)13-19(27)12-17)24(34)30(25)22(14-3-4-14)15-5-7-16(8-6-15)23(33)28-10-9-20(31)32/h5,7,11-14,22H,3-4,6,8-10H2,1-2H3,(H,28,33)(H,31,32). The molecule has 2 aliphatic carbocycles. The van der Waals surface area contributed by atoms with Crippen LogP contribution in [0, 0.1) is 5.92 Å². The number of carbonyl (C=O) groups excluding carboxylic acids is 2. The molecule has 0 saturated heterocycles. The maximum atomic E-state index is 13.7. The van der Waals surface area contributed by atoms with Crippen molar-refractivity contribution in [2.75, 3.05) is 6.54 Å². The molecule has 1 aromatic rings. The number of rotatable bonds is 8. The van der Waals surface area contributed by atoms with Gasteiger partial charge in [0.1, 0.15) is 11.4 Å². The highest BCUT2D eigenvalue weighted by Crippen LogP contribution is 2.45. The predicted molar refractivity (Wildman–Crippen MR) is 131 cm³/mol. The summed E-state index contributed by atoms with van der Waals surface area (Å²) in [6, 6.07) is 4.92. The molecule has 1 heterocycles. The Morgan fingerprint density at radius 2 is 1.85 bits per heavy atom. The number of benzene rings is 1. The number of carbonyl (C=O) groups is 3. The van der Waals surface area contributed by atoms with Crippen LogP contribution in [0.4, 0.5) is 0 Å². The second-order valence-electron chi connectivity index (χ2n) is 9.40. The molecule has 1 aromatic carbocycles. The van der Waals surface area contributed by atoms with Gasteiger partial charge in [0.05, 0.1) is 12.5 Å². The van der Waals surface area contributed by atoms with E-state index < -0.39 is 11.6 Å². The first-order valence-electron chi connectivity index (χ1n) is 11.4. The van der Waals surface area contributed by atoms with E-state index in [9.17, 15) is 14.4 Å². The quantitative estimate of drug-likeness (QED) is 0.549. The number of aliphatic imine (C=N–C) groups is 1. The molecule has 180 valence electrons. The van der Waals surface area contributed by atoms with Crippen molar-refractivity contribution < 1.29 is 19.5 Å². The van der Waals surface area contributed by atoms with Crippen LogP contribution in [-0.4, -0.2) is 51.8 Å². The van der Waals surface area contributed by atoms with E-state index in [4.69, 9.17) is 33.3 Å². The van der Waals surface area contributed by atoms with Crippen LogP contribution in [0.25, 0.3) is 0 Å². The largest absolute Gasteiger partial charge is 0.481 e. The number of nitrogens with one attached hydrogen (secondary N) is 1. The number of carboxylic acids is 1. The molecule has 1 saturated carbocycles. The zero-order valence-electron chi connectivity index (χ0n) is 19.1. The van der Waals surface area contributed by atoms with Crippen LogP contribution >= 0.6 is 23.2 Å². The monoisotopic (exact) mass is 503 g/mol. The Kier molecular flexibility index (Phi) is 6.87. The van der Waals surface area contributed by atoms with Gasteiger partial charge in [-0.1, -0.05) is 35.4 Å². The molecule has 1 aliphatic heterocycles. The lowest BCUT2D eigenvalue weighted by Gasteiger charge is -2.39. The minimum Gasteiger partial charge on any atom is -0.481 e. The normalized spacial score (nSPS) is 20.4. The summed E-state index contributed by atoms with van der Waals surface area (Å²) in [4.78, 5) is 43.3. The average molecular weight is 504 g/mol. The van der Waals surface area contributed by atoms with Gasteiger partial charge in [-0.05, 0) is 69.2 Å². The van der Waals surface area contributed by atoms with E-state index in [0.29, 0.717) is 45.7 Å². The number of hydrogen-bond donors (Lipinski definition) is 2. The number of amides is 2. The second kappa shape index (κ2) is 9.55. The van der Waals surface area contributed by atoms with Crippen molar-refractivity contribution in [2.24, 2.45) is 10.9 Å². The molecule has 9 heteroatoms. The van der Waals surface area contributed by atoms with Crippen LogP contribution < -0.4 is 5.32 Å². The third-order valence-electron chi connectivity index (χ3n) is 6.36. The SMILES string of the molecule is CC1(C)N=C(c2cc(Cl)cc(Cl)c2)C(=O)N1C(C1=CC=C(C(=O)NCCC(=O)O)CC1)C1CC1. The van der Waals surface area contributed by atoms with Crippen LogP contribution in [0.1, 0.15) is 51.5 Å². The summed E-state index contributed by atoms with van der Waals surface area (Å²) in [5.74, 6) is -0.999. The Bertz CT molecular complexity index is 1110. The molecule has 2 N–H and O–H groups in total. The van der Waals surface area contributed by atoms with E-state index in [-0.39, 0.29) is 30.8 Å². The molecule has 0 bridgehead atoms. The van der Waals surface area contributed by atoms with E-state index in [0.717, 1.165) is 18.4 Å². The molecule has 0 radical (unpaired) electrons. The average Bonchev–Trinajstić information content (AvgIpc) is 3.56. The first kappa shape index (κ1) is 24.5. The molecule has 4 rings (SSSR count). The molecular formula is C25H27Cl2N3O4. The number of hydrogen-bond acceptors (Lipinski definition) is 4. The van der Waals surface area contributed by atoms with Crippen molar-refractivity contribution in [1.29, 1.82) is 0 Å². The van der Waals surface area contributed by atoms with Gasteiger partial charge in [0.15, 0.2) is 0 Å². The lowest BCUT2D eigenvalue weighted by Crippen LogP contribution is -2.51. The van der Waals surface area contributed by atoms with E-state index in [1.165, 1.54) is 0 Å². The van der Waals surface area contributed by atoms with Crippen molar-refractivity contribution in [2.45, 2.75) is 57.7 Å². The Morgan fingerprint density at radius 3 is 2.41 bits per heavy atom. The number of halogens is 2. The highest BCUT2D eigenvalue weighted by molar-refractivity contribution is 6.47. The highest BCUT2D eigenvalue weighted by Gasteiger charge is 2.50. The molecule has 0 spiro atoms. The van der Waals surface area contributed by atoms with Crippen LogP contribution in [0.5, 0.6) is 0 Å². The van der Waals surface area contributed by atoms with Gasteiger partial charge in [0.25, 0.3) is 5.91 Å². The van der Waals surface area contributed by atoms with Gasteiger partial charge in [-0.2, -0.15) is 0 Å². The summed E-state index contributed by atoms with van der Waals surface area (Å²) in [6.45, 7) is 3.96.